The third-order valence-corrected chi connectivity index (χ3v) is 3.47. The van der Waals surface area contributed by atoms with Crippen LogP contribution in [0.15, 0.2) is 6.20 Å². The number of nitrogens with zero attached hydrogens (tertiary/aromatic N) is 2. The molecule has 1 atom stereocenters. The Morgan fingerprint density at radius 1 is 1.35 bits per heavy atom. The summed E-state index contributed by atoms with van der Waals surface area (Å²) in [6.45, 7) is 8.00. The van der Waals surface area contributed by atoms with E-state index >= 15 is 0 Å². The monoisotopic (exact) mass is 242 g/mol. The van der Waals surface area contributed by atoms with Crippen LogP contribution in [0.4, 0.5) is 0 Å². The smallest absolute Gasteiger partial charge is 0.163 e. The predicted molar refractivity (Wildman–Crippen MR) is 65.1 cm³/mol. The average Bonchev–Trinajstić information content (AvgIpc) is 2.71. The van der Waals surface area contributed by atoms with E-state index in [1.54, 1.807) is 32.0 Å². The molecule has 0 aliphatic heterocycles. The van der Waals surface area contributed by atoms with E-state index in [0.29, 0.717) is 18.0 Å². The van der Waals surface area contributed by atoms with E-state index in [2.05, 4.69) is 5.10 Å². The maximum absolute atomic E-state index is 10.8. The van der Waals surface area contributed by atoms with E-state index in [1.165, 1.54) is 0 Å². The van der Waals surface area contributed by atoms with Crippen LogP contribution in [0.1, 0.15) is 33.4 Å². The predicted octanol–water partition coefficient (Wildman–Crippen LogP) is 1.54. The Kier molecular flexibility index (Phi) is 3.84. The Morgan fingerprint density at radius 2 is 1.94 bits per heavy atom. The Balaban J connectivity index is 3.35. The third kappa shape index (κ3) is 2.17. The van der Waals surface area contributed by atoms with Gasteiger partial charge >= 0.3 is 0 Å². The van der Waals surface area contributed by atoms with Crippen LogP contribution in [0.3, 0.4) is 0 Å². The minimum Gasteiger partial charge on any atom is -0.493 e. The summed E-state index contributed by atoms with van der Waals surface area (Å²) < 4.78 is 12.4. The second-order valence-electron chi connectivity index (χ2n) is 4.66. The minimum atomic E-state index is -1.19. The molecular weight excluding hydrogens is 220 g/mol. The van der Waals surface area contributed by atoms with Gasteiger partial charge in [0.2, 0.25) is 0 Å². The third-order valence-electron chi connectivity index (χ3n) is 3.47. The second kappa shape index (κ2) is 4.66. The van der Waals surface area contributed by atoms with E-state index in [0.717, 1.165) is 0 Å². The largest absolute Gasteiger partial charge is 0.493 e. The molecule has 0 radical (unpaired) electrons. The molecule has 0 aliphatic carbocycles. The van der Waals surface area contributed by atoms with Crippen LogP contribution in [0, 0.1) is 0 Å². The highest BCUT2D eigenvalue weighted by Crippen LogP contribution is 2.39. The lowest BCUT2D eigenvalue weighted by Crippen LogP contribution is -2.48. The molecule has 0 saturated carbocycles. The zero-order valence-corrected chi connectivity index (χ0v) is 11.4. The van der Waals surface area contributed by atoms with Crippen LogP contribution in [0.25, 0.3) is 0 Å². The van der Waals surface area contributed by atoms with Gasteiger partial charge in [-0.05, 0) is 27.7 Å². The van der Waals surface area contributed by atoms with Crippen molar-refractivity contribution in [3.05, 3.63) is 11.9 Å². The quantitative estimate of drug-likeness (QED) is 0.851. The Hall–Kier alpha value is -1.07. The molecule has 98 valence electrons. The van der Waals surface area contributed by atoms with Crippen molar-refractivity contribution in [2.45, 2.75) is 45.4 Å². The molecule has 0 saturated heterocycles. The minimum absolute atomic E-state index is 0.571. The Bertz CT molecular complexity index is 362. The summed E-state index contributed by atoms with van der Waals surface area (Å²) in [4.78, 5) is 0. The number of aromatic nitrogens is 2. The maximum Gasteiger partial charge on any atom is 0.163 e. The summed E-state index contributed by atoms with van der Waals surface area (Å²) in [6, 6.07) is 0. The molecule has 0 aliphatic rings. The van der Waals surface area contributed by atoms with Gasteiger partial charge in [0, 0.05) is 13.7 Å². The fraction of sp³-hybridized carbons (Fsp3) is 0.750. The number of aryl methyl sites for hydroxylation is 1. The molecule has 0 amide bonds. The lowest BCUT2D eigenvalue weighted by atomic mass is 9.84. The summed E-state index contributed by atoms with van der Waals surface area (Å²) in [6.07, 6.45) is 1.61. The van der Waals surface area contributed by atoms with Gasteiger partial charge in [0.1, 0.15) is 11.3 Å². The molecule has 1 heterocycles. The lowest BCUT2D eigenvalue weighted by molar-refractivity contribution is -0.150. The van der Waals surface area contributed by atoms with Gasteiger partial charge < -0.3 is 14.6 Å². The Labute approximate surface area is 102 Å². The van der Waals surface area contributed by atoms with Crippen molar-refractivity contribution in [3.63, 3.8) is 0 Å². The molecule has 1 aromatic rings. The zero-order valence-electron chi connectivity index (χ0n) is 11.4. The van der Waals surface area contributed by atoms with Gasteiger partial charge in [-0.2, -0.15) is 5.10 Å². The molecule has 1 aromatic heterocycles. The van der Waals surface area contributed by atoms with E-state index < -0.39 is 11.2 Å². The van der Waals surface area contributed by atoms with Crippen molar-refractivity contribution in [2.24, 2.45) is 0 Å². The van der Waals surface area contributed by atoms with E-state index in [4.69, 9.17) is 9.47 Å². The molecule has 5 nitrogen and oxygen atoms in total. The van der Waals surface area contributed by atoms with Gasteiger partial charge in [0.25, 0.3) is 0 Å². The standard InChI is InChI=1S/C12H22N2O3/c1-7-14-10(9(16-5)8-13-14)12(4,15)11(2,3)17-6/h8,15H,7H2,1-6H3. The van der Waals surface area contributed by atoms with Crippen LogP contribution in [-0.2, 0) is 16.9 Å². The van der Waals surface area contributed by atoms with E-state index in [-0.39, 0.29) is 0 Å². The number of aliphatic hydroxyl groups is 1. The molecule has 0 spiro atoms. The van der Waals surface area contributed by atoms with Crippen molar-refractivity contribution in [3.8, 4) is 5.75 Å². The highest BCUT2D eigenvalue weighted by molar-refractivity contribution is 5.32. The summed E-state index contributed by atoms with van der Waals surface area (Å²) in [7, 11) is 3.14. The summed E-state index contributed by atoms with van der Waals surface area (Å²) in [5, 5.41) is 15.0. The van der Waals surface area contributed by atoms with Crippen molar-refractivity contribution >= 4 is 0 Å². The van der Waals surface area contributed by atoms with Crippen molar-refractivity contribution in [1.82, 2.24) is 9.78 Å². The topological polar surface area (TPSA) is 56.5 Å². The molecule has 0 bridgehead atoms. The Morgan fingerprint density at radius 3 is 2.35 bits per heavy atom. The summed E-state index contributed by atoms with van der Waals surface area (Å²) >= 11 is 0. The summed E-state index contributed by atoms with van der Waals surface area (Å²) in [5.41, 5.74) is -1.30. The number of ether oxygens (including phenoxy) is 2. The number of methoxy groups -OCH3 is 2. The summed E-state index contributed by atoms with van der Waals surface area (Å²) in [5.74, 6) is 0.571. The van der Waals surface area contributed by atoms with Crippen molar-refractivity contribution < 1.29 is 14.6 Å². The number of hydrogen-bond acceptors (Lipinski definition) is 4. The van der Waals surface area contributed by atoms with Crippen LogP contribution in [0.2, 0.25) is 0 Å². The zero-order chi connectivity index (χ0) is 13.3. The molecule has 0 aromatic carbocycles. The number of hydrogen-bond donors (Lipinski definition) is 1. The van der Waals surface area contributed by atoms with E-state index in [1.807, 2.05) is 20.8 Å². The first-order valence-electron chi connectivity index (χ1n) is 5.69. The van der Waals surface area contributed by atoms with Gasteiger partial charge in [-0.25, -0.2) is 0 Å². The second-order valence-corrected chi connectivity index (χ2v) is 4.66. The molecule has 1 rings (SSSR count). The SMILES string of the molecule is CCn1ncc(OC)c1C(C)(O)C(C)(C)OC. The first-order chi connectivity index (χ1) is 7.81. The van der Waals surface area contributed by atoms with Crippen LogP contribution in [-0.4, -0.2) is 34.7 Å². The van der Waals surface area contributed by atoms with Gasteiger partial charge in [-0.15, -0.1) is 0 Å². The fourth-order valence-corrected chi connectivity index (χ4v) is 1.73. The van der Waals surface area contributed by atoms with Crippen LogP contribution in [0.5, 0.6) is 5.75 Å². The highest BCUT2D eigenvalue weighted by Gasteiger charge is 2.45. The molecule has 17 heavy (non-hydrogen) atoms. The maximum atomic E-state index is 10.8. The molecular formula is C12H22N2O3. The first-order valence-corrected chi connectivity index (χ1v) is 5.69. The normalized spacial score (nSPS) is 15.7. The molecule has 0 fully saturated rings. The first kappa shape index (κ1) is 14.0. The van der Waals surface area contributed by atoms with Crippen LogP contribution >= 0.6 is 0 Å². The van der Waals surface area contributed by atoms with Gasteiger partial charge in [-0.3, -0.25) is 4.68 Å². The molecule has 1 N–H and O–H groups in total. The van der Waals surface area contributed by atoms with Gasteiger partial charge in [0.05, 0.1) is 18.9 Å². The average molecular weight is 242 g/mol. The fourth-order valence-electron chi connectivity index (χ4n) is 1.73. The van der Waals surface area contributed by atoms with Crippen LogP contribution < -0.4 is 4.74 Å². The highest BCUT2D eigenvalue weighted by atomic mass is 16.5. The van der Waals surface area contributed by atoms with Gasteiger partial charge in [-0.1, -0.05) is 0 Å². The van der Waals surface area contributed by atoms with E-state index in [9.17, 15) is 5.11 Å². The van der Waals surface area contributed by atoms with Gasteiger partial charge in [0.15, 0.2) is 5.75 Å². The molecule has 5 heteroatoms. The number of rotatable bonds is 5. The van der Waals surface area contributed by atoms with Crippen molar-refractivity contribution in [1.29, 1.82) is 0 Å². The van der Waals surface area contributed by atoms with Crippen molar-refractivity contribution in [2.75, 3.05) is 14.2 Å². The molecule has 1 unspecified atom stereocenters. The lowest BCUT2D eigenvalue weighted by Gasteiger charge is -2.39.